The number of para-hydroxylation sites is 1. The van der Waals surface area contributed by atoms with E-state index >= 15 is 0 Å². The molecule has 130 valence electrons. The molecule has 2 N–H and O–H groups in total. The van der Waals surface area contributed by atoms with Gasteiger partial charge in [0.1, 0.15) is 23.6 Å². The topological polar surface area (TPSA) is 81.6 Å². The second kappa shape index (κ2) is 5.55. The van der Waals surface area contributed by atoms with E-state index < -0.39 is 5.82 Å². The Morgan fingerprint density at radius 3 is 3.04 bits per heavy atom. The number of aromatic nitrogens is 4. The molecule has 0 atom stereocenters. The predicted octanol–water partition coefficient (Wildman–Crippen LogP) is 2.40. The van der Waals surface area contributed by atoms with Crippen LogP contribution < -0.4 is 15.4 Å². The predicted molar refractivity (Wildman–Crippen MR) is 95.6 cm³/mol. The molecule has 1 aliphatic heterocycles. The number of rotatable bonds is 2. The normalized spacial score (nSPS) is 13.8. The van der Waals surface area contributed by atoms with Crippen LogP contribution in [0.1, 0.15) is 5.69 Å². The number of halogens is 1. The van der Waals surface area contributed by atoms with E-state index in [0.717, 1.165) is 17.3 Å². The summed E-state index contributed by atoms with van der Waals surface area (Å²) in [6.45, 7) is 1.84. The van der Waals surface area contributed by atoms with Crippen LogP contribution >= 0.6 is 0 Å². The van der Waals surface area contributed by atoms with Crippen LogP contribution in [0.25, 0.3) is 16.6 Å². The maximum absolute atomic E-state index is 14.1. The van der Waals surface area contributed by atoms with E-state index in [2.05, 4.69) is 19.9 Å². The summed E-state index contributed by atoms with van der Waals surface area (Å²) in [6, 6.07) is 8.55. The van der Waals surface area contributed by atoms with Gasteiger partial charge in [0, 0.05) is 17.8 Å². The summed E-state index contributed by atoms with van der Waals surface area (Å²) < 4.78 is 21.4. The van der Waals surface area contributed by atoms with Crippen molar-refractivity contribution >= 4 is 28.3 Å². The van der Waals surface area contributed by atoms with Gasteiger partial charge in [0.2, 0.25) is 5.95 Å². The van der Waals surface area contributed by atoms with E-state index in [-0.39, 0.29) is 11.5 Å². The number of anilines is 2. The molecule has 0 amide bonds. The smallest absolute Gasteiger partial charge is 0.206 e. The van der Waals surface area contributed by atoms with Gasteiger partial charge in [0.05, 0.1) is 18.8 Å². The Hall–Kier alpha value is -3.42. The Kier molecular flexibility index (Phi) is 3.18. The highest BCUT2D eigenvalue weighted by atomic mass is 19.1. The highest BCUT2D eigenvalue weighted by Gasteiger charge is 2.21. The maximum Gasteiger partial charge on any atom is 0.206 e. The number of hydrogen-bond donors (Lipinski definition) is 1. The van der Waals surface area contributed by atoms with Crippen molar-refractivity contribution in [3.63, 3.8) is 0 Å². The average Bonchev–Trinajstić information content (AvgIpc) is 3.08. The Morgan fingerprint density at radius 1 is 1.19 bits per heavy atom. The maximum atomic E-state index is 14.1. The van der Waals surface area contributed by atoms with E-state index in [1.807, 2.05) is 18.3 Å². The molecule has 26 heavy (non-hydrogen) atoms. The van der Waals surface area contributed by atoms with Crippen LogP contribution in [0.5, 0.6) is 5.75 Å². The minimum absolute atomic E-state index is 0.205. The Morgan fingerprint density at radius 2 is 2.12 bits per heavy atom. The average molecular weight is 350 g/mol. The lowest BCUT2D eigenvalue weighted by atomic mass is 10.2. The Labute approximate surface area is 147 Å². The van der Waals surface area contributed by atoms with Gasteiger partial charge in [-0.3, -0.25) is 4.40 Å². The number of nitrogens with zero attached hydrogens (tertiary/aromatic N) is 5. The Bertz CT molecular complexity index is 1140. The van der Waals surface area contributed by atoms with Gasteiger partial charge < -0.3 is 15.4 Å². The fourth-order valence-electron chi connectivity index (χ4n) is 3.30. The third kappa shape index (κ3) is 2.22. The van der Waals surface area contributed by atoms with Gasteiger partial charge in [-0.25, -0.2) is 19.3 Å². The summed E-state index contributed by atoms with van der Waals surface area (Å²) in [7, 11) is 0. The molecule has 3 aromatic heterocycles. The van der Waals surface area contributed by atoms with Gasteiger partial charge in [0.25, 0.3) is 0 Å². The van der Waals surface area contributed by atoms with Gasteiger partial charge >= 0.3 is 0 Å². The van der Waals surface area contributed by atoms with Crippen molar-refractivity contribution in [1.82, 2.24) is 19.4 Å². The van der Waals surface area contributed by atoms with Gasteiger partial charge in [-0.1, -0.05) is 6.07 Å². The monoisotopic (exact) mass is 350 g/mol. The molecule has 0 saturated heterocycles. The molecule has 0 bridgehead atoms. The second-order valence-electron chi connectivity index (χ2n) is 6.13. The SMILES string of the molecule is Nc1nc2c(F)cccc2c2nc(CN3CCOc4cccnc43)cn12. The van der Waals surface area contributed by atoms with Crippen molar-refractivity contribution in [2.75, 3.05) is 23.8 Å². The molecular formula is C18H15FN6O. The van der Waals surface area contributed by atoms with E-state index in [1.165, 1.54) is 6.07 Å². The van der Waals surface area contributed by atoms with Crippen molar-refractivity contribution in [3.05, 3.63) is 54.2 Å². The van der Waals surface area contributed by atoms with Crippen molar-refractivity contribution < 1.29 is 9.13 Å². The molecular weight excluding hydrogens is 335 g/mol. The third-order valence-corrected chi connectivity index (χ3v) is 4.48. The highest BCUT2D eigenvalue weighted by molar-refractivity contribution is 5.92. The second-order valence-corrected chi connectivity index (χ2v) is 6.13. The molecule has 7 nitrogen and oxygen atoms in total. The lowest BCUT2D eigenvalue weighted by molar-refractivity contribution is 0.304. The first kappa shape index (κ1) is 14.9. The molecule has 8 heteroatoms. The molecule has 0 aliphatic carbocycles. The standard InChI is InChI=1S/C18H15FN6O/c19-13-4-1-3-12-15(13)23-18(20)25-10-11(22-16(12)25)9-24-7-8-26-14-5-2-6-21-17(14)24/h1-6,10H,7-9H2,(H2,20,23). The molecule has 0 radical (unpaired) electrons. The molecule has 4 aromatic rings. The molecule has 1 aromatic carbocycles. The number of pyridine rings is 1. The van der Waals surface area contributed by atoms with Crippen molar-refractivity contribution in [3.8, 4) is 5.75 Å². The quantitative estimate of drug-likeness (QED) is 0.598. The minimum atomic E-state index is -0.410. The number of nitrogen functional groups attached to an aromatic ring is 1. The van der Waals surface area contributed by atoms with Gasteiger partial charge in [-0.2, -0.15) is 0 Å². The first-order valence-corrected chi connectivity index (χ1v) is 8.25. The summed E-state index contributed by atoms with van der Waals surface area (Å²) in [5.41, 5.74) is 7.64. The van der Waals surface area contributed by atoms with E-state index in [1.54, 1.807) is 22.7 Å². The molecule has 4 heterocycles. The fraction of sp³-hybridized carbons (Fsp3) is 0.167. The van der Waals surface area contributed by atoms with Crippen LogP contribution in [-0.2, 0) is 6.54 Å². The number of nitrogens with two attached hydrogens (primary N) is 1. The molecule has 0 saturated carbocycles. The van der Waals surface area contributed by atoms with Crippen molar-refractivity contribution in [2.45, 2.75) is 6.54 Å². The number of benzene rings is 1. The summed E-state index contributed by atoms with van der Waals surface area (Å²) in [5.74, 6) is 1.35. The van der Waals surface area contributed by atoms with Crippen molar-refractivity contribution in [2.24, 2.45) is 0 Å². The van der Waals surface area contributed by atoms with Gasteiger partial charge in [0.15, 0.2) is 11.6 Å². The Balaban J connectivity index is 1.60. The zero-order chi connectivity index (χ0) is 17.7. The van der Waals surface area contributed by atoms with Gasteiger partial charge in [-0.05, 0) is 24.3 Å². The first-order valence-electron chi connectivity index (χ1n) is 8.25. The minimum Gasteiger partial charge on any atom is -0.488 e. The summed E-state index contributed by atoms with van der Waals surface area (Å²) >= 11 is 0. The molecule has 1 aliphatic rings. The van der Waals surface area contributed by atoms with E-state index in [0.29, 0.717) is 30.7 Å². The zero-order valence-corrected chi connectivity index (χ0v) is 13.8. The fourth-order valence-corrected chi connectivity index (χ4v) is 3.30. The summed E-state index contributed by atoms with van der Waals surface area (Å²) in [5, 5.41) is 0.631. The summed E-state index contributed by atoms with van der Waals surface area (Å²) in [4.78, 5) is 15.4. The van der Waals surface area contributed by atoms with Gasteiger partial charge in [-0.15, -0.1) is 0 Å². The van der Waals surface area contributed by atoms with Crippen LogP contribution in [-0.4, -0.2) is 32.5 Å². The summed E-state index contributed by atoms with van der Waals surface area (Å²) in [6.07, 6.45) is 3.57. The highest BCUT2D eigenvalue weighted by Crippen LogP contribution is 2.30. The first-order chi connectivity index (χ1) is 12.7. The number of hydrogen-bond acceptors (Lipinski definition) is 6. The van der Waals surface area contributed by atoms with Crippen LogP contribution in [0.2, 0.25) is 0 Å². The van der Waals surface area contributed by atoms with Crippen LogP contribution in [0, 0.1) is 5.82 Å². The van der Waals surface area contributed by atoms with E-state index in [9.17, 15) is 4.39 Å². The zero-order valence-electron chi connectivity index (χ0n) is 13.8. The van der Waals surface area contributed by atoms with Crippen LogP contribution in [0.15, 0.2) is 42.7 Å². The molecule has 0 unspecified atom stereocenters. The molecule has 0 spiro atoms. The lowest BCUT2D eigenvalue weighted by Crippen LogP contribution is -2.33. The van der Waals surface area contributed by atoms with Crippen LogP contribution in [0.4, 0.5) is 16.2 Å². The largest absolute Gasteiger partial charge is 0.488 e. The lowest BCUT2D eigenvalue weighted by Gasteiger charge is -2.29. The third-order valence-electron chi connectivity index (χ3n) is 4.48. The van der Waals surface area contributed by atoms with Crippen LogP contribution in [0.3, 0.4) is 0 Å². The number of fused-ring (bicyclic) bond motifs is 4. The number of ether oxygens (including phenoxy) is 1. The van der Waals surface area contributed by atoms with Crippen molar-refractivity contribution in [1.29, 1.82) is 0 Å². The van der Waals surface area contributed by atoms with E-state index in [4.69, 9.17) is 10.5 Å². The molecule has 5 rings (SSSR count). The molecule has 0 fully saturated rings. The number of imidazole rings is 1.